The van der Waals surface area contributed by atoms with Gasteiger partial charge in [0.1, 0.15) is 0 Å². The standard InChI is InChI=1S/C10H16ClO2P/c11-14(12,13)10-4-7-1-8(5-10)3-9(2-7)6-10/h7-9H,1-6H2,(H,12,13). The van der Waals surface area contributed by atoms with E-state index in [1.165, 1.54) is 19.3 Å². The van der Waals surface area contributed by atoms with E-state index in [1.54, 1.807) is 0 Å². The molecule has 4 rings (SSSR count). The Kier molecular flexibility index (Phi) is 1.92. The van der Waals surface area contributed by atoms with Gasteiger partial charge in [0.15, 0.2) is 0 Å². The minimum atomic E-state index is -3.39. The second-order valence-electron chi connectivity index (χ2n) is 5.64. The van der Waals surface area contributed by atoms with E-state index in [-0.39, 0.29) is 5.16 Å². The molecule has 0 amide bonds. The molecule has 0 saturated heterocycles. The van der Waals surface area contributed by atoms with Crippen LogP contribution in [0.5, 0.6) is 0 Å². The third kappa shape index (κ3) is 1.24. The Hall–Kier alpha value is 0.480. The summed E-state index contributed by atoms with van der Waals surface area (Å²) in [5, 5.41) is -0.386. The highest BCUT2D eigenvalue weighted by Gasteiger charge is 2.58. The van der Waals surface area contributed by atoms with Crippen LogP contribution in [0.2, 0.25) is 0 Å². The van der Waals surface area contributed by atoms with Crippen molar-refractivity contribution in [1.29, 1.82) is 0 Å². The van der Waals surface area contributed by atoms with E-state index in [1.807, 2.05) is 0 Å². The summed E-state index contributed by atoms with van der Waals surface area (Å²) in [6.07, 6.45) is 6.60. The molecular formula is C10H16ClO2P. The second-order valence-corrected chi connectivity index (χ2v) is 8.97. The summed E-state index contributed by atoms with van der Waals surface area (Å²) in [7, 11) is 0. The van der Waals surface area contributed by atoms with Gasteiger partial charge < -0.3 is 4.89 Å². The molecule has 0 radical (unpaired) electrons. The van der Waals surface area contributed by atoms with Gasteiger partial charge in [0.2, 0.25) is 0 Å². The summed E-state index contributed by atoms with van der Waals surface area (Å²) in [5.74, 6) is 2.08. The van der Waals surface area contributed by atoms with Crippen molar-refractivity contribution in [2.75, 3.05) is 0 Å². The van der Waals surface area contributed by atoms with Crippen molar-refractivity contribution in [3.8, 4) is 0 Å². The molecule has 1 atom stereocenters. The fourth-order valence-corrected chi connectivity index (χ4v) is 6.47. The first kappa shape index (κ1) is 9.69. The van der Waals surface area contributed by atoms with Crippen LogP contribution in [0.1, 0.15) is 38.5 Å². The largest absolute Gasteiger partial charge is 0.333 e. The maximum absolute atomic E-state index is 11.8. The van der Waals surface area contributed by atoms with Gasteiger partial charge in [-0.1, -0.05) is 0 Å². The van der Waals surface area contributed by atoms with E-state index in [2.05, 4.69) is 0 Å². The van der Waals surface area contributed by atoms with Crippen molar-refractivity contribution >= 4 is 18.0 Å². The molecule has 0 aliphatic heterocycles. The molecule has 4 bridgehead atoms. The van der Waals surface area contributed by atoms with Gasteiger partial charge in [-0.3, -0.25) is 4.57 Å². The molecule has 80 valence electrons. The molecular weight excluding hydrogens is 219 g/mol. The molecule has 4 heteroatoms. The minimum Gasteiger partial charge on any atom is -0.333 e. The molecule has 0 aromatic rings. The molecule has 0 aromatic carbocycles. The van der Waals surface area contributed by atoms with E-state index in [4.69, 9.17) is 11.2 Å². The van der Waals surface area contributed by atoms with Crippen LogP contribution in [0.15, 0.2) is 0 Å². The van der Waals surface area contributed by atoms with Crippen LogP contribution >= 0.6 is 18.0 Å². The van der Waals surface area contributed by atoms with Crippen molar-refractivity contribution < 1.29 is 9.46 Å². The summed E-state index contributed by atoms with van der Waals surface area (Å²) in [6.45, 7) is -3.39. The average Bonchev–Trinajstić information content (AvgIpc) is 1.98. The van der Waals surface area contributed by atoms with E-state index in [0.717, 1.165) is 19.3 Å². The maximum atomic E-state index is 11.8. The van der Waals surface area contributed by atoms with Crippen molar-refractivity contribution in [1.82, 2.24) is 0 Å². The lowest BCUT2D eigenvalue weighted by atomic mass is 9.56. The minimum absolute atomic E-state index is 0.386. The zero-order valence-corrected chi connectivity index (χ0v) is 9.81. The zero-order valence-electron chi connectivity index (χ0n) is 8.16. The van der Waals surface area contributed by atoms with Crippen LogP contribution in [-0.2, 0) is 4.57 Å². The van der Waals surface area contributed by atoms with Crippen LogP contribution in [0.4, 0.5) is 0 Å². The second kappa shape index (κ2) is 2.78. The van der Waals surface area contributed by atoms with Gasteiger partial charge in [0.05, 0.1) is 5.16 Å². The first-order chi connectivity index (χ1) is 6.48. The normalized spacial score (nSPS) is 54.6. The summed E-state index contributed by atoms with van der Waals surface area (Å²) >= 11 is 5.77. The maximum Gasteiger partial charge on any atom is 0.293 e. The lowest BCUT2D eigenvalue weighted by Gasteiger charge is -2.56. The van der Waals surface area contributed by atoms with Crippen molar-refractivity contribution in [2.24, 2.45) is 17.8 Å². The van der Waals surface area contributed by atoms with Crippen molar-refractivity contribution in [3.63, 3.8) is 0 Å². The number of rotatable bonds is 1. The number of halogens is 1. The van der Waals surface area contributed by atoms with Crippen LogP contribution in [0.25, 0.3) is 0 Å². The van der Waals surface area contributed by atoms with Gasteiger partial charge in [-0.15, -0.1) is 0 Å². The quantitative estimate of drug-likeness (QED) is 0.707. The summed E-state index contributed by atoms with van der Waals surface area (Å²) in [6, 6.07) is 0. The molecule has 4 fully saturated rings. The SMILES string of the molecule is O=P(O)(Cl)C12CC3CC(CC(C3)C1)C2. The Bertz CT molecular complexity index is 274. The molecule has 2 nitrogen and oxygen atoms in total. The Morgan fingerprint density at radius 2 is 1.43 bits per heavy atom. The van der Waals surface area contributed by atoms with Gasteiger partial charge in [0.25, 0.3) is 6.72 Å². The predicted molar refractivity (Wildman–Crippen MR) is 56.6 cm³/mol. The molecule has 0 heterocycles. The predicted octanol–water partition coefficient (Wildman–Crippen LogP) is 3.38. The van der Waals surface area contributed by atoms with Crippen LogP contribution in [0, 0.1) is 17.8 Å². The van der Waals surface area contributed by atoms with Gasteiger partial charge in [-0.05, 0) is 67.5 Å². The molecule has 1 unspecified atom stereocenters. The van der Waals surface area contributed by atoms with Gasteiger partial charge in [-0.25, -0.2) is 0 Å². The zero-order chi connectivity index (χ0) is 9.97. The number of hydrogen-bond donors (Lipinski definition) is 1. The lowest BCUT2D eigenvalue weighted by molar-refractivity contribution is 0.0302. The highest BCUT2D eigenvalue weighted by Crippen LogP contribution is 2.73. The van der Waals surface area contributed by atoms with Gasteiger partial charge in [0, 0.05) is 0 Å². The first-order valence-corrected chi connectivity index (χ1v) is 8.07. The van der Waals surface area contributed by atoms with Crippen molar-refractivity contribution in [3.05, 3.63) is 0 Å². The number of hydrogen-bond acceptors (Lipinski definition) is 1. The molecule has 14 heavy (non-hydrogen) atoms. The topological polar surface area (TPSA) is 37.3 Å². The van der Waals surface area contributed by atoms with Gasteiger partial charge >= 0.3 is 0 Å². The molecule has 0 aromatic heterocycles. The Labute approximate surface area is 89.3 Å². The fraction of sp³-hybridized carbons (Fsp3) is 1.00. The molecule has 1 N–H and O–H groups in total. The lowest BCUT2D eigenvalue weighted by Crippen LogP contribution is -2.49. The van der Waals surface area contributed by atoms with E-state index in [9.17, 15) is 9.46 Å². The Morgan fingerprint density at radius 1 is 1.07 bits per heavy atom. The van der Waals surface area contributed by atoms with Crippen molar-refractivity contribution in [2.45, 2.75) is 43.7 Å². The third-order valence-corrected chi connectivity index (χ3v) is 7.38. The smallest absolute Gasteiger partial charge is 0.293 e. The third-order valence-electron chi connectivity index (χ3n) is 4.59. The Morgan fingerprint density at radius 3 is 1.71 bits per heavy atom. The first-order valence-electron chi connectivity index (χ1n) is 5.51. The fourth-order valence-electron chi connectivity index (χ4n) is 4.40. The monoisotopic (exact) mass is 234 g/mol. The average molecular weight is 235 g/mol. The van der Waals surface area contributed by atoms with Crippen LogP contribution in [-0.4, -0.2) is 10.0 Å². The van der Waals surface area contributed by atoms with E-state index < -0.39 is 6.72 Å². The highest BCUT2D eigenvalue weighted by molar-refractivity contribution is 7.85. The van der Waals surface area contributed by atoms with Crippen LogP contribution < -0.4 is 0 Å². The molecule has 4 saturated carbocycles. The molecule has 4 aliphatic carbocycles. The van der Waals surface area contributed by atoms with E-state index in [0.29, 0.717) is 17.8 Å². The van der Waals surface area contributed by atoms with Gasteiger partial charge in [-0.2, -0.15) is 0 Å². The van der Waals surface area contributed by atoms with Crippen LogP contribution in [0.3, 0.4) is 0 Å². The highest BCUT2D eigenvalue weighted by atomic mass is 35.7. The summed E-state index contributed by atoms with van der Waals surface area (Å²) in [5.41, 5.74) is 0. The Balaban J connectivity index is 1.99. The van der Waals surface area contributed by atoms with E-state index >= 15 is 0 Å². The summed E-state index contributed by atoms with van der Waals surface area (Å²) < 4.78 is 11.8. The molecule has 0 spiro atoms. The summed E-state index contributed by atoms with van der Waals surface area (Å²) in [4.78, 5) is 9.70. The molecule has 4 aliphatic rings.